The van der Waals surface area contributed by atoms with Crippen LogP contribution in [0.25, 0.3) is 32.9 Å². The van der Waals surface area contributed by atoms with E-state index >= 15 is 0 Å². The Morgan fingerprint density at radius 1 is 0.750 bits per heavy atom. The van der Waals surface area contributed by atoms with Crippen LogP contribution in [0.2, 0.25) is 0 Å². The average Bonchev–Trinajstić information content (AvgIpc) is 2.88. The maximum Gasteiger partial charge on any atom is 0.0495 e. The van der Waals surface area contributed by atoms with E-state index in [0.717, 1.165) is 0 Å². The topological polar surface area (TPSA) is 4.93 Å². The van der Waals surface area contributed by atoms with Crippen LogP contribution in [-0.2, 0) is 12.5 Å². The van der Waals surface area contributed by atoms with Crippen LogP contribution in [0.4, 0.5) is 0 Å². The summed E-state index contributed by atoms with van der Waals surface area (Å²) >= 11 is 0. The number of benzene rings is 3. The number of hydrogen-bond donors (Lipinski definition) is 0. The predicted octanol–water partition coefficient (Wildman–Crippen LogP) is 6.30. The Kier molecular flexibility index (Phi) is 3.28. The zero-order valence-corrected chi connectivity index (χ0v) is 14.8. The number of hydrogen-bond acceptors (Lipinski definition) is 0. The molecule has 0 amide bonds. The maximum absolute atomic E-state index is 2.35. The van der Waals surface area contributed by atoms with Crippen molar-refractivity contribution in [2.45, 2.75) is 26.2 Å². The molecule has 1 heterocycles. The second-order valence-electron chi connectivity index (χ2n) is 7.61. The summed E-state index contributed by atoms with van der Waals surface area (Å²) in [6.07, 6.45) is 0. The van der Waals surface area contributed by atoms with Gasteiger partial charge in [-0.05, 0) is 34.2 Å². The van der Waals surface area contributed by atoms with E-state index < -0.39 is 0 Å². The second-order valence-corrected chi connectivity index (χ2v) is 7.61. The number of aryl methyl sites for hydroxylation is 1. The van der Waals surface area contributed by atoms with Crippen molar-refractivity contribution in [3.05, 3.63) is 72.3 Å². The molecule has 0 bridgehead atoms. The largest absolute Gasteiger partial charge is 0.344 e. The summed E-state index contributed by atoms with van der Waals surface area (Å²) in [6.45, 7) is 6.81. The van der Waals surface area contributed by atoms with Gasteiger partial charge in [-0.2, -0.15) is 0 Å². The Labute approximate surface area is 143 Å². The highest BCUT2D eigenvalue weighted by Crippen LogP contribution is 2.37. The smallest absolute Gasteiger partial charge is 0.0495 e. The number of aromatic nitrogens is 1. The molecule has 120 valence electrons. The SMILES string of the molecule is Cn1c2cc(C(C)(C)C)ccc2c2c(-c3ccccc3)cccc21. The zero-order valence-electron chi connectivity index (χ0n) is 14.8. The molecule has 0 aliphatic rings. The van der Waals surface area contributed by atoms with Gasteiger partial charge in [-0.1, -0.05) is 75.4 Å². The summed E-state index contributed by atoms with van der Waals surface area (Å²) in [4.78, 5) is 0. The molecule has 0 fully saturated rings. The second kappa shape index (κ2) is 5.24. The van der Waals surface area contributed by atoms with Gasteiger partial charge >= 0.3 is 0 Å². The highest BCUT2D eigenvalue weighted by molar-refractivity contribution is 6.14. The molecule has 1 heteroatoms. The third kappa shape index (κ3) is 2.24. The van der Waals surface area contributed by atoms with Crippen molar-refractivity contribution in [1.82, 2.24) is 4.57 Å². The van der Waals surface area contributed by atoms with Gasteiger partial charge in [0.25, 0.3) is 0 Å². The monoisotopic (exact) mass is 313 g/mol. The van der Waals surface area contributed by atoms with Gasteiger partial charge in [-0.25, -0.2) is 0 Å². The Bertz CT molecular complexity index is 1030. The van der Waals surface area contributed by atoms with Crippen LogP contribution in [0.1, 0.15) is 26.3 Å². The molecule has 1 aromatic heterocycles. The van der Waals surface area contributed by atoms with E-state index in [1.165, 1.54) is 38.5 Å². The molecule has 4 aromatic rings. The van der Waals surface area contributed by atoms with Crippen LogP contribution in [0.5, 0.6) is 0 Å². The molecule has 0 atom stereocenters. The molecule has 24 heavy (non-hydrogen) atoms. The molecule has 0 spiro atoms. The first-order valence-electron chi connectivity index (χ1n) is 8.54. The van der Waals surface area contributed by atoms with E-state index in [1.54, 1.807) is 0 Å². The van der Waals surface area contributed by atoms with E-state index in [-0.39, 0.29) is 5.41 Å². The highest BCUT2D eigenvalue weighted by atomic mass is 14.9. The van der Waals surface area contributed by atoms with Gasteiger partial charge in [0.15, 0.2) is 0 Å². The minimum atomic E-state index is 0.160. The summed E-state index contributed by atoms with van der Waals surface area (Å²) in [5.41, 5.74) is 6.71. The summed E-state index contributed by atoms with van der Waals surface area (Å²) in [5, 5.41) is 2.68. The molecule has 3 aromatic carbocycles. The van der Waals surface area contributed by atoms with E-state index in [2.05, 4.69) is 99.1 Å². The molecular weight excluding hydrogens is 290 g/mol. The third-order valence-electron chi connectivity index (χ3n) is 4.98. The Morgan fingerprint density at radius 2 is 1.50 bits per heavy atom. The fraction of sp³-hybridized carbons (Fsp3) is 0.217. The standard InChI is InChI=1S/C23H23N/c1-23(2,3)17-13-14-19-21(15-17)24(4)20-12-8-11-18(22(19)20)16-9-6-5-7-10-16/h5-15H,1-4H3. The van der Waals surface area contributed by atoms with E-state index in [9.17, 15) is 0 Å². The summed E-state index contributed by atoms with van der Waals surface area (Å²) < 4.78 is 2.33. The number of rotatable bonds is 1. The van der Waals surface area contributed by atoms with Gasteiger partial charge in [0.1, 0.15) is 0 Å². The van der Waals surface area contributed by atoms with Crippen LogP contribution in [0.15, 0.2) is 66.7 Å². The fourth-order valence-corrected chi connectivity index (χ4v) is 3.58. The molecule has 0 aliphatic carbocycles. The number of fused-ring (bicyclic) bond motifs is 3. The average molecular weight is 313 g/mol. The van der Waals surface area contributed by atoms with Crippen molar-refractivity contribution in [3.8, 4) is 11.1 Å². The van der Waals surface area contributed by atoms with Crippen LogP contribution in [-0.4, -0.2) is 4.57 Å². The lowest BCUT2D eigenvalue weighted by atomic mass is 9.86. The molecule has 0 saturated carbocycles. The summed E-state index contributed by atoms with van der Waals surface area (Å²) in [7, 11) is 2.17. The quantitative estimate of drug-likeness (QED) is 0.389. The van der Waals surface area contributed by atoms with Gasteiger partial charge in [0.05, 0.1) is 0 Å². The van der Waals surface area contributed by atoms with Crippen molar-refractivity contribution >= 4 is 21.8 Å². The number of nitrogens with zero attached hydrogens (tertiary/aromatic N) is 1. The van der Waals surface area contributed by atoms with Crippen molar-refractivity contribution in [2.24, 2.45) is 7.05 Å². The van der Waals surface area contributed by atoms with Crippen molar-refractivity contribution in [1.29, 1.82) is 0 Å². The lowest BCUT2D eigenvalue weighted by Gasteiger charge is -2.19. The minimum Gasteiger partial charge on any atom is -0.344 e. The van der Waals surface area contributed by atoms with Gasteiger partial charge in [0.2, 0.25) is 0 Å². The third-order valence-corrected chi connectivity index (χ3v) is 4.98. The van der Waals surface area contributed by atoms with Crippen molar-refractivity contribution in [3.63, 3.8) is 0 Å². The molecule has 0 aliphatic heterocycles. The van der Waals surface area contributed by atoms with Crippen molar-refractivity contribution in [2.75, 3.05) is 0 Å². The molecule has 0 N–H and O–H groups in total. The normalized spacial score (nSPS) is 12.2. The lowest BCUT2D eigenvalue weighted by Crippen LogP contribution is -2.10. The zero-order chi connectivity index (χ0) is 16.9. The first-order chi connectivity index (χ1) is 11.5. The molecule has 0 radical (unpaired) electrons. The fourth-order valence-electron chi connectivity index (χ4n) is 3.58. The van der Waals surface area contributed by atoms with Crippen LogP contribution in [0.3, 0.4) is 0 Å². The van der Waals surface area contributed by atoms with Crippen LogP contribution < -0.4 is 0 Å². The maximum atomic E-state index is 2.35. The van der Waals surface area contributed by atoms with E-state index in [1.807, 2.05) is 0 Å². The first-order valence-corrected chi connectivity index (χ1v) is 8.54. The van der Waals surface area contributed by atoms with Crippen molar-refractivity contribution < 1.29 is 0 Å². The van der Waals surface area contributed by atoms with E-state index in [0.29, 0.717) is 0 Å². The van der Waals surface area contributed by atoms with Gasteiger partial charge < -0.3 is 4.57 Å². The van der Waals surface area contributed by atoms with E-state index in [4.69, 9.17) is 0 Å². The molecular formula is C23H23N. The van der Waals surface area contributed by atoms with Gasteiger partial charge in [-0.3, -0.25) is 0 Å². The minimum absolute atomic E-state index is 0.160. The molecule has 4 rings (SSSR count). The molecule has 1 nitrogen and oxygen atoms in total. The van der Waals surface area contributed by atoms with Crippen LogP contribution >= 0.6 is 0 Å². The Balaban J connectivity index is 2.10. The van der Waals surface area contributed by atoms with Gasteiger partial charge in [-0.15, -0.1) is 0 Å². The molecule has 0 saturated heterocycles. The summed E-state index contributed by atoms with van der Waals surface area (Å²) in [5.74, 6) is 0. The van der Waals surface area contributed by atoms with Crippen LogP contribution in [0, 0.1) is 0 Å². The lowest BCUT2D eigenvalue weighted by molar-refractivity contribution is 0.591. The van der Waals surface area contributed by atoms with Gasteiger partial charge in [0, 0.05) is 28.9 Å². The Morgan fingerprint density at radius 3 is 2.21 bits per heavy atom. The highest BCUT2D eigenvalue weighted by Gasteiger charge is 2.17. The predicted molar refractivity (Wildman–Crippen MR) is 105 cm³/mol. The summed E-state index contributed by atoms with van der Waals surface area (Å²) in [6, 6.07) is 24.2. The Hall–Kier alpha value is -2.54. The molecule has 0 unspecified atom stereocenters. The first kappa shape index (κ1) is 15.0.